The summed E-state index contributed by atoms with van der Waals surface area (Å²) >= 11 is 3.92. The number of thiophene rings is 2. The molecule has 100 valence electrons. The Morgan fingerprint density at radius 2 is 0.950 bits per heavy atom. The fraction of sp³-hybridized carbons (Fsp3) is 0.222. The Labute approximate surface area is 126 Å². The SMILES string of the molecule is Cc1cc(C)c2sc3c4cc(C)cc(C)c4sc3c2c1. The third-order valence-electron chi connectivity index (χ3n) is 3.94. The van der Waals surface area contributed by atoms with Gasteiger partial charge in [0.25, 0.3) is 0 Å². The largest absolute Gasteiger partial charge is 0.133 e. The van der Waals surface area contributed by atoms with Crippen LogP contribution < -0.4 is 0 Å². The average molecular weight is 296 g/mol. The second kappa shape index (κ2) is 4.06. The molecule has 2 heteroatoms. The van der Waals surface area contributed by atoms with Gasteiger partial charge in [-0.25, -0.2) is 0 Å². The number of rotatable bonds is 0. The van der Waals surface area contributed by atoms with E-state index in [9.17, 15) is 0 Å². The summed E-state index contributed by atoms with van der Waals surface area (Å²) in [7, 11) is 0. The summed E-state index contributed by atoms with van der Waals surface area (Å²) in [6, 6.07) is 9.28. The molecule has 4 rings (SSSR count). The lowest BCUT2D eigenvalue weighted by atomic mass is 10.1. The minimum absolute atomic E-state index is 1.36. The molecule has 0 aliphatic heterocycles. The molecule has 0 aliphatic carbocycles. The molecular weight excluding hydrogens is 280 g/mol. The van der Waals surface area contributed by atoms with Gasteiger partial charge in [-0.2, -0.15) is 0 Å². The molecule has 0 saturated heterocycles. The molecule has 0 bridgehead atoms. The van der Waals surface area contributed by atoms with Gasteiger partial charge in [0.15, 0.2) is 0 Å². The van der Waals surface area contributed by atoms with Crippen LogP contribution in [0.25, 0.3) is 29.6 Å². The van der Waals surface area contributed by atoms with E-state index in [1.54, 1.807) is 0 Å². The Hall–Kier alpha value is -1.38. The minimum Gasteiger partial charge on any atom is -0.133 e. The molecule has 2 heterocycles. The molecule has 0 nitrogen and oxygen atoms in total. The molecular formula is C18H16S2. The zero-order chi connectivity index (χ0) is 14.0. The molecule has 0 radical (unpaired) electrons. The maximum atomic E-state index is 2.35. The van der Waals surface area contributed by atoms with Crippen molar-refractivity contribution in [3.63, 3.8) is 0 Å². The Morgan fingerprint density at radius 3 is 1.35 bits per heavy atom. The van der Waals surface area contributed by atoms with E-state index in [2.05, 4.69) is 52.0 Å². The Kier molecular flexibility index (Phi) is 2.51. The van der Waals surface area contributed by atoms with E-state index in [4.69, 9.17) is 0 Å². The van der Waals surface area contributed by atoms with Gasteiger partial charge in [-0.15, -0.1) is 22.7 Å². The molecule has 4 aromatic rings. The molecule has 0 N–H and O–H groups in total. The van der Waals surface area contributed by atoms with Crippen LogP contribution in [0.15, 0.2) is 24.3 Å². The molecule has 20 heavy (non-hydrogen) atoms. The third kappa shape index (κ3) is 1.58. The summed E-state index contributed by atoms with van der Waals surface area (Å²) in [5, 5.41) is 2.89. The van der Waals surface area contributed by atoms with Crippen LogP contribution in [0.3, 0.4) is 0 Å². The summed E-state index contributed by atoms with van der Waals surface area (Å²) in [4.78, 5) is 0. The standard InChI is InChI=1S/C18H16S2/c1-9-5-11(3)15-13(7-9)17-18(19-15)14-8-10(2)6-12(4)16(14)20-17/h5-8H,1-4H3. The molecule has 0 fully saturated rings. The Balaban J connectivity index is 2.28. The maximum absolute atomic E-state index is 2.35. The van der Waals surface area contributed by atoms with Gasteiger partial charge < -0.3 is 0 Å². The zero-order valence-electron chi connectivity index (χ0n) is 12.1. The highest BCUT2D eigenvalue weighted by Gasteiger charge is 2.15. The normalized spacial score (nSPS) is 12.0. The predicted octanol–water partition coefficient (Wildman–Crippen LogP) is 6.50. The van der Waals surface area contributed by atoms with Gasteiger partial charge in [-0.3, -0.25) is 0 Å². The first-order valence-electron chi connectivity index (χ1n) is 6.88. The monoisotopic (exact) mass is 296 g/mol. The molecule has 0 spiro atoms. The number of hydrogen-bond donors (Lipinski definition) is 0. The van der Waals surface area contributed by atoms with Crippen molar-refractivity contribution < 1.29 is 0 Å². The fourth-order valence-corrected chi connectivity index (χ4v) is 5.88. The molecule has 2 aromatic heterocycles. The highest BCUT2D eigenvalue weighted by atomic mass is 32.1. The summed E-state index contributed by atoms with van der Waals surface area (Å²) in [5.74, 6) is 0. The van der Waals surface area contributed by atoms with E-state index in [0.717, 1.165) is 0 Å². The quantitative estimate of drug-likeness (QED) is 0.347. The lowest BCUT2D eigenvalue weighted by molar-refractivity contribution is 1.45. The van der Waals surface area contributed by atoms with Gasteiger partial charge in [0, 0.05) is 20.2 Å². The smallest absolute Gasteiger partial charge is 0.0542 e. The Morgan fingerprint density at radius 1 is 0.550 bits per heavy atom. The second-order valence-corrected chi connectivity index (χ2v) is 7.82. The molecule has 0 atom stereocenters. The number of aryl methyl sites for hydroxylation is 4. The van der Waals surface area contributed by atoms with E-state index < -0.39 is 0 Å². The Bertz CT molecular complexity index is 902. The van der Waals surface area contributed by atoms with Crippen LogP contribution in [0.5, 0.6) is 0 Å². The number of benzene rings is 2. The number of hydrogen-bond acceptors (Lipinski definition) is 2. The van der Waals surface area contributed by atoms with Crippen molar-refractivity contribution in [2.75, 3.05) is 0 Å². The average Bonchev–Trinajstić information content (AvgIpc) is 2.87. The van der Waals surface area contributed by atoms with Gasteiger partial charge in [-0.1, -0.05) is 23.3 Å². The summed E-state index contributed by atoms with van der Waals surface area (Å²) in [6.07, 6.45) is 0. The van der Waals surface area contributed by atoms with Crippen LogP contribution in [-0.2, 0) is 0 Å². The van der Waals surface area contributed by atoms with Crippen LogP contribution >= 0.6 is 22.7 Å². The van der Waals surface area contributed by atoms with E-state index in [0.29, 0.717) is 0 Å². The van der Waals surface area contributed by atoms with Gasteiger partial charge in [-0.05, 0) is 51.0 Å². The van der Waals surface area contributed by atoms with Crippen LogP contribution in [-0.4, -0.2) is 0 Å². The highest BCUT2D eigenvalue weighted by molar-refractivity contribution is 7.36. The minimum atomic E-state index is 1.36. The van der Waals surface area contributed by atoms with Crippen molar-refractivity contribution >= 4 is 52.2 Å². The zero-order valence-corrected chi connectivity index (χ0v) is 13.8. The van der Waals surface area contributed by atoms with Gasteiger partial charge in [0.2, 0.25) is 0 Å². The van der Waals surface area contributed by atoms with Crippen LogP contribution in [0.4, 0.5) is 0 Å². The highest BCUT2D eigenvalue weighted by Crippen LogP contribution is 2.46. The molecule has 0 amide bonds. The summed E-state index contributed by atoms with van der Waals surface area (Å²) < 4.78 is 5.86. The molecule has 0 unspecified atom stereocenters. The predicted molar refractivity (Wildman–Crippen MR) is 93.7 cm³/mol. The van der Waals surface area contributed by atoms with E-state index >= 15 is 0 Å². The van der Waals surface area contributed by atoms with E-state index in [-0.39, 0.29) is 0 Å². The molecule has 2 aromatic carbocycles. The van der Waals surface area contributed by atoms with Gasteiger partial charge >= 0.3 is 0 Å². The lowest BCUT2D eigenvalue weighted by Crippen LogP contribution is -1.76. The van der Waals surface area contributed by atoms with Crippen molar-refractivity contribution in [3.05, 3.63) is 46.5 Å². The van der Waals surface area contributed by atoms with E-state index in [1.165, 1.54) is 51.8 Å². The van der Waals surface area contributed by atoms with Crippen LogP contribution in [0.2, 0.25) is 0 Å². The topological polar surface area (TPSA) is 0 Å². The first-order valence-corrected chi connectivity index (χ1v) is 8.51. The third-order valence-corrected chi connectivity index (χ3v) is 6.82. The first kappa shape index (κ1) is 12.4. The van der Waals surface area contributed by atoms with Crippen molar-refractivity contribution in [1.82, 2.24) is 0 Å². The summed E-state index contributed by atoms with van der Waals surface area (Å²) in [5.41, 5.74) is 5.54. The lowest BCUT2D eigenvalue weighted by Gasteiger charge is -2.00. The van der Waals surface area contributed by atoms with Gasteiger partial charge in [0.1, 0.15) is 0 Å². The van der Waals surface area contributed by atoms with Crippen molar-refractivity contribution in [2.24, 2.45) is 0 Å². The van der Waals surface area contributed by atoms with Crippen molar-refractivity contribution in [3.8, 4) is 0 Å². The number of fused-ring (bicyclic) bond motifs is 5. The van der Waals surface area contributed by atoms with Crippen molar-refractivity contribution in [1.29, 1.82) is 0 Å². The van der Waals surface area contributed by atoms with Gasteiger partial charge in [0.05, 0.1) is 9.40 Å². The van der Waals surface area contributed by atoms with Crippen LogP contribution in [0.1, 0.15) is 22.3 Å². The fourth-order valence-electron chi connectivity index (χ4n) is 3.17. The van der Waals surface area contributed by atoms with Crippen LogP contribution in [0, 0.1) is 27.7 Å². The van der Waals surface area contributed by atoms with Crippen molar-refractivity contribution in [2.45, 2.75) is 27.7 Å². The second-order valence-electron chi connectivity index (χ2n) is 5.78. The molecule has 0 saturated carbocycles. The maximum Gasteiger partial charge on any atom is 0.0542 e. The van der Waals surface area contributed by atoms with E-state index in [1.807, 2.05) is 22.7 Å². The first-order chi connectivity index (χ1) is 9.54. The summed E-state index contributed by atoms with van der Waals surface area (Å²) in [6.45, 7) is 8.85. The molecule has 0 aliphatic rings.